The second kappa shape index (κ2) is 21.1. The van der Waals surface area contributed by atoms with E-state index in [9.17, 15) is 14.7 Å². The van der Waals surface area contributed by atoms with E-state index in [0.29, 0.717) is 19.4 Å². The molecule has 0 saturated heterocycles. The average Bonchev–Trinajstić information content (AvgIpc) is 2.70. The number of carboxylic acid groups (broad SMARTS) is 1. The van der Waals surface area contributed by atoms with Crippen molar-refractivity contribution in [1.29, 1.82) is 0 Å². The van der Waals surface area contributed by atoms with Gasteiger partial charge in [-0.3, -0.25) is 4.79 Å². The predicted molar refractivity (Wildman–Crippen MR) is 122 cm³/mol. The number of carboxylic acids is 1. The first-order valence-corrected chi connectivity index (χ1v) is 11.6. The number of carbonyl (C=O) groups is 2. The van der Waals surface area contributed by atoms with Gasteiger partial charge in [0.2, 0.25) is 5.91 Å². The lowest BCUT2D eigenvalue weighted by Crippen LogP contribution is -2.40. The number of nitrogens with one attached hydrogen (secondary N) is 1. The minimum Gasteiger partial charge on any atom is -0.480 e. The molecule has 168 valence electrons. The number of carbonyl (C=O) groups excluding carboxylic acids is 1. The van der Waals surface area contributed by atoms with Crippen molar-refractivity contribution in [3.05, 3.63) is 24.3 Å². The highest BCUT2D eigenvalue weighted by molar-refractivity contribution is 5.83. The third kappa shape index (κ3) is 19.5. The summed E-state index contributed by atoms with van der Waals surface area (Å²) in [6.07, 6.45) is 24.0. The second-order valence-corrected chi connectivity index (χ2v) is 7.72. The van der Waals surface area contributed by atoms with Crippen molar-refractivity contribution in [3.63, 3.8) is 0 Å². The molecule has 1 amide bonds. The molecule has 0 bridgehead atoms. The molecule has 0 aliphatic rings. The molecule has 0 rings (SSSR count). The largest absolute Gasteiger partial charge is 0.480 e. The topological polar surface area (TPSA) is 92.4 Å². The van der Waals surface area contributed by atoms with Gasteiger partial charge in [-0.05, 0) is 64.3 Å². The van der Waals surface area contributed by atoms with E-state index in [1.165, 1.54) is 38.5 Å². The molecular formula is C24H44N2O3. The molecule has 29 heavy (non-hydrogen) atoms. The Kier molecular flexibility index (Phi) is 19.9. The molecule has 0 fully saturated rings. The molecule has 0 aromatic rings. The summed E-state index contributed by atoms with van der Waals surface area (Å²) < 4.78 is 0. The van der Waals surface area contributed by atoms with E-state index in [1.807, 2.05) is 0 Å². The maximum atomic E-state index is 11.9. The van der Waals surface area contributed by atoms with E-state index in [4.69, 9.17) is 5.73 Å². The SMILES string of the molecule is CCCCC/C=C\C/C=C\CCCCCCCC(=O)N[C@@H](CCCCN)C(=O)O. The zero-order valence-electron chi connectivity index (χ0n) is 18.5. The molecule has 0 saturated carbocycles. The van der Waals surface area contributed by atoms with Gasteiger partial charge in [0.1, 0.15) is 6.04 Å². The standard InChI is InChI=1S/C24H44N2O3/c1-2-3-4-5-6-7-8-9-10-11-12-13-14-15-16-20-23(27)26-22(24(28)29)19-17-18-21-25/h6-7,9-10,22H,2-5,8,11-21,25H2,1H3,(H,26,27)(H,28,29)/b7-6-,10-9-/t22-/m0/s1. The second-order valence-electron chi connectivity index (χ2n) is 7.72. The molecule has 0 spiro atoms. The summed E-state index contributed by atoms with van der Waals surface area (Å²) in [5.74, 6) is -1.12. The highest BCUT2D eigenvalue weighted by Crippen LogP contribution is 2.09. The van der Waals surface area contributed by atoms with E-state index < -0.39 is 12.0 Å². The van der Waals surface area contributed by atoms with Crippen molar-refractivity contribution in [3.8, 4) is 0 Å². The van der Waals surface area contributed by atoms with Crippen LogP contribution in [0.3, 0.4) is 0 Å². The number of unbranched alkanes of at least 4 members (excludes halogenated alkanes) is 9. The third-order valence-corrected chi connectivity index (χ3v) is 4.93. The lowest BCUT2D eigenvalue weighted by atomic mass is 10.1. The number of amides is 1. The molecular weight excluding hydrogens is 364 g/mol. The van der Waals surface area contributed by atoms with E-state index in [1.54, 1.807) is 0 Å². The molecule has 0 aliphatic heterocycles. The molecule has 0 aromatic carbocycles. The van der Waals surface area contributed by atoms with Gasteiger partial charge in [-0.1, -0.05) is 63.3 Å². The summed E-state index contributed by atoms with van der Waals surface area (Å²) in [5.41, 5.74) is 5.42. The van der Waals surface area contributed by atoms with Crippen LogP contribution in [0.25, 0.3) is 0 Å². The summed E-state index contributed by atoms with van der Waals surface area (Å²) in [6, 6.07) is -0.785. The van der Waals surface area contributed by atoms with Crippen molar-refractivity contribution >= 4 is 11.9 Å². The normalized spacial score (nSPS) is 12.6. The Morgan fingerprint density at radius 3 is 2.10 bits per heavy atom. The van der Waals surface area contributed by atoms with Crippen LogP contribution in [0.15, 0.2) is 24.3 Å². The van der Waals surface area contributed by atoms with Crippen LogP contribution in [0.5, 0.6) is 0 Å². The van der Waals surface area contributed by atoms with Gasteiger partial charge in [-0.25, -0.2) is 4.79 Å². The summed E-state index contributed by atoms with van der Waals surface area (Å²) in [7, 11) is 0. The van der Waals surface area contributed by atoms with Crippen LogP contribution in [0.1, 0.15) is 103 Å². The average molecular weight is 409 g/mol. The Balaban J connectivity index is 3.58. The molecule has 0 radical (unpaired) electrons. The van der Waals surface area contributed by atoms with Gasteiger partial charge in [0.25, 0.3) is 0 Å². The van der Waals surface area contributed by atoms with Gasteiger partial charge in [-0.2, -0.15) is 0 Å². The number of rotatable bonds is 20. The van der Waals surface area contributed by atoms with Crippen molar-refractivity contribution in [2.75, 3.05) is 6.54 Å². The van der Waals surface area contributed by atoms with E-state index >= 15 is 0 Å². The Hall–Kier alpha value is -1.62. The first-order chi connectivity index (χ1) is 14.1. The van der Waals surface area contributed by atoms with Crippen molar-refractivity contribution in [1.82, 2.24) is 5.32 Å². The minimum atomic E-state index is -0.963. The lowest BCUT2D eigenvalue weighted by molar-refractivity contribution is -0.142. The van der Waals surface area contributed by atoms with Gasteiger partial charge in [-0.15, -0.1) is 0 Å². The Morgan fingerprint density at radius 1 is 0.862 bits per heavy atom. The monoisotopic (exact) mass is 408 g/mol. The number of allylic oxidation sites excluding steroid dienone is 4. The highest BCUT2D eigenvalue weighted by atomic mass is 16.4. The van der Waals surface area contributed by atoms with Gasteiger partial charge in [0.15, 0.2) is 0 Å². The van der Waals surface area contributed by atoms with Crippen LogP contribution < -0.4 is 11.1 Å². The van der Waals surface area contributed by atoms with Crippen LogP contribution in [-0.4, -0.2) is 29.6 Å². The molecule has 1 atom stereocenters. The molecule has 0 aromatic heterocycles. The summed E-state index contributed by atoms with van der Waals surface area (Å²) in [5, 5.41) is 11.8. The maximum absolute atomic E-state index is 11.9. The number of nitrogens with two attached hydrogens (primary N) is 1. The summed E-state index contributed by atoms with van der Waals surface area (Å²) in [6.45, 7) is 2.78. The zero-order chi connectivity index (χ0) is 21.6. The van der Waals surface area contributed by atoms with Crippen molar-refractivity contribution in [2.24, 2.45) is 5.73 Å². The Morgan fingerprint density at radius 2 is 1.48 bits per heavy atom. The number of aliphatic carboxylic acids is 1. The first-order valence-electron chi connectivity index (χ1n) is 11.6. The van der Waals surface area contributed by atoms with Gasteiger partial charge < -0.3 is 16.2 Å². The number of hydrogen-bond donors (Lipinski definition) is 3. The van der Waals surface area contributed by atoms with Crippen LogP contribution in [0.4, 0.5) is 0 Å². The van der Waals surface area contributed by atoms with Crippen LogP contribution in [0, 0.1) is 0 Å². The van der Waals surface area contributed by atoms with Crippen LogP contribution >= 0.6 is 0 Å². The fraction of sp³-hybridized carbons (Fsp3) is 0.750. The smallest absolute Gasteiger partial charge is 0.326 e. The van der Waals surface area contributed by atoms with Crippen molar-refractivity contribution < 1.29 is 14.7 Å². The molecule has 4 N–H and O–H groups in total. The van der Waals surface area contributed by atoms with Gasteiger partial charge in [0, 0.05) is 6.42 Å². The van der Waals surface area contributed by atoms with Crippen LogP contribution in [-0.2, 0) is 9.59 Å². The Labute approximate surface area is 178 Å². The maximum Gasteiger partial charge on any atom is 0.326 e. The molecule has 0 heterocycles. The van der Waals surface area contributed by atoms with Crippen LogP contribution in [0.2, 0.25) is 0 Å². The fourth-order valence-electron chi connectivity index (χ4n) is 3.11. The molecule has 5 heteroatoms. The van der Waals surface area contributed by atoms with Gasteiger partial charge >= 0.3 is 5.97 Å². The Bertz CT molecular complexity index is 461. The van der Waals surface area contributed by atoms with E-state index in [-0.39, 0.29) is 5.91 Å². The lowest BCUT2D eigenvalue weighted by Gasteiger charge is -2.14. The van der Waals surface area contributed by atoms with Crippen molar-refractivity contribution in [2.45, 2.75) is 109 Å². The minimum absolute atomic E-state index is 0.157. The highest BCUT2D eigenvalue weighted by Gasteiger charge is 2.18. The molecule has 5 nitrogen and oxygen atoms in total. The quantitative estimate of drug-likeness (QED) is 0.183. The molecule has 0 unspecified atom stereocenters. The predicted octanol–water partition coefficient (Wildman–Crippen LogP) is 5.50. The third-order valence-electron chi connectivity index (χ3n) is 4.93. The number of hydrogen-bond acceptors (Lipinski definition) is 3. The van der Waals surface area contributed by atoms with E-state index in [2.05, 4.69) is 36.5 Å². The molecule has 0 aliphatic carbocycles. The first kappa shape index (κ1) is 27.4. The van der Waals surface area contributed by atoms with Gasteiger partial charge in [0.05, 0.1) is 0 Å². The zero-order valence-corrected chi connectivity index (χ0v) is 18.5. The summed E-state index contributed by atoms with van der Waals surface area (Å²) in [4.78, 5) is 23.1. The summed E-state index contributed by atoms with van der Waals surface area (Å²) >= 11 is 0. The fourth-order valence-corrected chi connectivity index (χ4v) is 3.11. The van der Waals surface area contributed by atoms with E-state index in [0.717, 1.165) is 44.9 Å².